The predicted octanol–water partition coefficient (Wildman–Crippen LogP) is 3.14. The molecule has 78 valence electrons. The van der Waals surface area contributed by atoms with Crippen LogP contribution in [0.25, 0.3) is 0 Å². The average molecular weight is 212 g/mol. The second-order valence-corrected chi connectivity index (χ2v) is 4.40. The van der Waals surface area contributed by atoms with E-state index in [1.54, 1.807) is 0 Å². The number of hydrogen-bond acceptors (Lipinski definition) is 1. The Labute approximate surface area is 91.5 Å². The summed E-state index contributed by atoms with van der Waals surface area (Å²) < 4.78 is 0. The molecule has 0 heterocycles. The minimum atomic E-state index is -0.128. The Morgan fingerprint density at radius 2 is 1.86 bits per heavy atom. The molecule has 0 radical (unpaired) electrons. The number of hydrogen-bond donors (Lipinski definition) is 1. The molecular weight excluding hydrogens is 194 g/mol. The summed E-state index contributed by atoms with van der Waals surface area (Å²) in [5, 5.41) is 3.49. The summed E-state index contributed by atoms with van der Waals surface area (Å²) in [5.41, 5.74) is 1.11. The van der Waals surface area contributed by atoms with E-state index < -0.39 is 0 Å². The van der Waals surface area contributed by atoms with E-state index in [4.69, 9.17) is 11.6 Å². The first kappa shape index (κ1) is 11.5. The van der Waals surface area contributed by atoms with Crippen molar-refractivity contribution in [2.45, 2.75) is 32.4 Å². The zero-order valence-corrected chi connectivity index (χ0v) is 9.81. The van der Waals surface area contributed by atoms with Gasteiger partial charge in [-0.3, -0.25) is 0 Å². The van der Waals surface area contributed by atoms with Crippen molar-refractivity contribution in [2.24, 2.45) is 0 Å². The molecule has 0 saturated carbocycles. The first-order valence-electron chi connectivity index (χ1n) is 4.97. The van der Waals surface area contributed by atoms with Crippen LogP contribution in [0.2, 0.25) is 0 Å². The molecule has 0 aliphatic heterocycles. The molecule has 0 saturated heterocycles. The third-order valence-corrected chi connectivity index (χ3v) is 2.82. The monoisotopic (exact) mass is 211 g/mol. The minimum Gasteiger partial charge on any atom is -0.304 e. The number of nitrogens with one attached hydrogen (secondary N) is 1. The Kier molecular flexibility index (Phi) is 3.97. The van der Waals surface area contributed by atoms with Crippen LogP contribution in [0, 0.1) is 0 Å². The summed E-state index contributed by atoms with van der Waals surface area (Å²) in [6, 6.07) is 10.8. The number of alkyl halides is 1. The van der Waals surface area contributed by atoms with E-state index in [2.05, 4.69) is 38.2 Å². The maximum atomic E-state index is 6.02. The van der Waals surface area contributed by atoms with Gasteiger partial charge in [-0.05, 0) is 12.5 Å². The summed E-state index contributed by atoms with van der Waals surface area (Å²) in [5.74, 6) is 0.579. The Bertz CT molecular complexity index is 271. The lowest BCUT2D eigenvalue weighted by Gasteiger charge is -2.31. The molecular formula is C12H18ClN. The van der Waals surface area contributed by atoms with Crippen LogP contribution < -0.4 is 5.32 Å². The van der Waals surface area contributed by atoms with Crippen molar-refractivity contribution in [1.29, 1.82) is 0 Å². The number of halogens is 1. The maximum absolute atomic E-state index is 6.02. The van der Waals surface area contributed by atoms with E-state index in [9.17, 15) is 0 Å². The van der Waals surface area contributed by atoms with E-state index in [1.165, 1.54) is 5.56 Å². The highest BCUT2D eigenvalue weighted by atomic mass is 35.5. The lowest BCUT2D eigenvalue weighted by atomic mass is 9.93. The fourth-order valence-electron chi connectivity index (χ4n) is 1.64. The van der Waals surface area contributed by atoms with Crippen LogP contribution in [-0.4, -0.2) is 11.9 Å². The van der Waals surface area contributed by atoms with Crippen LogP contribution in [0.4, 0.5) is 0 Å². The predicted molar refractivity (Wildman–Crippen MR) is 62.8 cm³/mol. The molecule has 1 atom stereocenters. The quantitative estimate of drug-likeness (QED) is 0.755. The van der Waals surface area contributed by atoms with Crippen LogP contribution in [0.15, 0.2) is 30.3 Å². The third kappa shape index (κ3) is 2.73. The van der Waals surface area contributed by atoms with Crippen molar-refractivity contribution in [2.75, 3.05) is 5.88 Å². The van der Waals surface area contributed by atoms with Gasteiger partial charge in [0.2, 0.25) is 0 Å². The van der Waals surface area contributed by atoms with Crippen molar-refractivity contribution >= 4 is 11.6 Å². The van der Waals surface area contributed by atoms with Gasteiger partial charge in [-0.2, -0.15) is 0 Å². The summed E-state index contributed by atoms with van der Waals surface area (Å²) in [6.07, 6.45) is 0. The van der Waals surface area contributed by atoms with Gasteiger partial charge in [0.1, 0.15) is 0 Å². The molecule has 0 bridgehead atoms. The SMILES string of the molecule is CC(C)NC(C)(CCl)c1ccccc1. The second kappa shape index (κ2) is 4.81. The van der Waals surface area contributed by atoms with Crippen LogP contribution in [0.3, 0.4) is 0 Å². The molecule has 0 aliphatic rings. The highest BCUT2D eigenvalue weighted by Crippen LogP contribution is 2.22. The molecule has 1 aromatic rings. The molecule has 1 nitrogen and oxygen atoms in total. The number of benzene rings is 1. The summed E-state index contributed by atoms with van der Waals surface area (Å²) in [6.45, 7) is 6.40. The fourth-order valence-corrected chi connectivity index (χ4v) is 1.87. The smallest absolute Gasteiger partial charge is 0.0545 e. The molecule has 1 N–H and O–H groups in total. The van der Waals surface area contributed by atoms with Gasteiger partial charge in [0, 0.05) is 11.9 Å². The fraction of sp³-hybridized carbons (Fsp3) is 0.500. The maximum Gasteiger partial charge on any atom is 0.0545 e. The van der Waals surface area contributed by atoms with E-state index in [-0.39, 0.29) is 5.54 Å². The van der Waals surface area contributed by atoms with E-state index in [0.29, 0.717) is 11.9 Å². The molecule has 1 aromatic carbocycles. The Morgan fingerprint density at radius 3 is 2.29 bits per heavy atom. The largest absolute Gasteiger partial charge is 0.304 e. The standard InChI is InChI=1S/C12H18ClN/c1-10(2)14-12(3,9-13)11-7-5-4-6-8-11/h4-8,10,14H,9H2,1-3H3. The van der Waals surface area contributed by atoms with Crippen molar-refractivity contribution in [3.05, 3.63) is 35.9 Å². The summed E-state index contributed by atoms with van der Waals surface area (Å²) in [7, 11) is 0. The molecule has 0 aromatic heterocycles. The van der Waals surface area contributed by atoms with Gasteiger partial charge in [-0.25, -0.2) is 0 Å². The zero-order chi connectivity index (χ0) is 10.6. The van der Waals surface area contributed by atoms with Gasteiger partial charge in [-0.1, -0.05) is 44.2 Å². The highest BCUT2D eigenvalue weighted by molar-refractivity contribution is 6.18. The van der Waals surface area contributed by atoms with Gasteiger partial charge in [0.15, 0.2) is 0 Å². The van der Waals surface area contributed by atoms with Crippen LogP contribution in [0.1, 0.15) is 26.3 Å². The third-order valence-electron chi connectivity index (χ3n) is 2.29. The van der Waals surface area contributed by atoms with Gasteiger partial charge >= 0.3 is 0 Å². The molecule has 0 spiro atoms. The van der Waals surface area contributed by atoms with Crippen molar-refractivity contribution in [3.63, 3.8) is 0 Å². The Hall–Kier alpha value is -0.530. The first-order valence-corrected chi connectivity index (χ1v) is 5.51. The molecule has 14 heavy (non-hydrogen) atoms. The van der Waals surface area contributed by atoms with Crippen molar-refractivity contribution in [1.82, 2.24) is 5.32 Å². The minimum absolute atomic E-state index is 0.128. The zero-order valence-electron chi connectivity index (χ0n) is 9.05. The topological polar surface area (TPSA) is 12.0 Å². The Balaban J connectivity index is 2.90. The molecule has 0 amide bonds. The van der Waals surface area contributed by atoms with Gasteiger partial charge in [-0.15, -0.1) is 11.6 Å². The van der Waals surface area contributed by atoms with Crippen molar-refractivity contribution in [3.8, 4) is 0 Å². The first-order chi connectivity index (χ1) is 6.58. The summed E-state index contributed by atoms with van der Waals surface area (Å²) in [4.78, 5) is 0. The van der Waals surface area contributed by atoms with Crippen molar-refractivity contribution < 1.29 is 0 Å². The van der Waals surface area contributed by atoms with Crippen LogP contribution >= 0.6 is 11.6 Å². The average Bonchev–Trinajstić information content (AvgIpc) is 2.18. The molecule has 1 rings (SSSR count). The lowest BCUT2D eigenvalue weighted by molar-refractivity contribution is 0.370. The molecule has 0 fully saturated rings. The van der Waals surface area contributed by atoms with Crippen LogP contribution in [0.5, 0.6) is 0 Å². The van der Waals surface area contributed by atoms with Gasteiger partial charge in [0.25, 0.3) is 0 Å². The molecule has 2 heteroatoms. The van der Waals surface area contributed by atoms with Gasteiger partial charge in [0.05, 0.1) is 5.54 Å². The molecule has 0 aliphatic carbocycles. The molecule has 1 unspecified atom stereocenters. The van der Waals surface area contributed by atoms with E-state index >= 15 is 0 Å². The lowest BCUT2D eigenvalue weighted by Crippen LogP contribution is -2.45. The van der Waals surface area contributed by atoms with E-state index in [0.717, 1.165) is 0 Å². The normalized spacial score (nSPS) is 15.5. The number of rotatable bonds is 4. The second-order valence-electron chi connectivity index (χ2n) is 4.13. The van der Waals surface area contributed by atoms with Gasteiger partial charge < -0.3 is 5.32 Å². The van der Waals surface area contributed by atoms with Crippen LogP contribution in [-0.2, 0) is 5.54 Å². The van der Waals surface area contributed by atoms with E-state index in [1.807, 2.05) is 18.2 Å². The highest BCUT2D eigenvalue weighted by Gasteiger charge is 2.25. The summed E-state index contributed by atoms with van der Waals surface area (Å²) >= 11 is 6.02. The Morgan fingerprint density at radius 1 is 1.29 bits per heavy atom.